The smallest absolute Gasteiger partial charge is 0.168 e. The normalized spacial score (nSPS) is 42.0. The van der Waals surface area contributed by atoms with Gasteiger partial charge in [0.05, 0.1) is 19.3 Å². The van der Waals surface area contributed by atoms with Crippen LogP contribution >= 0.6 is 0 Å². The highest BCUT2D eigenvalue weighted by molar-refractivity contribution is 4.98. The molecule has 3 nitrogen and oxygen atoms in total. The van der Waals surface area contributed by atoms with Crippen molar-refractivity contribution in [1.82, 2.24) is 0 Å². The summed E-state index contributed by atoms with van der Waals surface area (Å²) in [7, 11) is 0. The Bertz CT molecular complexity index is 348. The highest BCUT2D eigenvalue weighted by Crippen LogP contribution is 2.53. The molecule has 1 unspecified atom stereocenters. The standard InChI is InChI=1S/C17H28O3/c1-16(2)10-19-17(20-11-16)7-13-5-15(6-14(13)8-17)18-9-12-3-4-12/h12-15H,3-11H2,1-2H3/t13-,14+,15?. The van der Waals surface area contributed by atoms with Crippen molar-refractivity contribution in [3.63, 3.8) is 0 Å². The van der Waals surface area contributed by atoms with Gasteiger partial charge in [-0.3, -0.25) is 0 Å². The Hall–Kier alpha value is -0.120. The summed E-state index contributed by atoms with van der Waals surface area (Å²) in [6.45, 7) is 7.13. The fourth-order valence-corrected chi connectivity index (χ4v) is 4.20. The monoisotopic (exact) mass is 280 g/mol. The molecular formula is C17H28O3. The van der Waals surface area contributed by atoms with Crippen molar-refractivity contribution < 1.29 is 14.2 Å². The predicted molar refractivity (Wildman–Crippen MR) is 76.3 cm³/mol. The van der Waals surface area contributed by atoms with Gasteiger partial charge in [0.2, 0.25) is 0 Å². The lowest BCUT2D eigenvalue weighted by Gasteiger charge is -2.42. The van der Waals surface area contributed by atoms with E-state index < -0.39 is 0 Å². The molecular weight excluding hydrogens is 252 g/mol. The second-order valence-corrected chi connectivity index (χ2v) is 8.45. The maximum Gasteiger partial charge on any atom is 0.168 e. The van der Waals surface area contributed by atoms with Crippen LogP contribution in [-0.4, -0.2) is 31.7 Å². The van der Waals surface area contributed by atoms with Crippen molar-refractivity contribution in [3.05, 3.63) is 0 Å². The number of fused-ring (bicyclic) bond motifs is 1. The zero-order valence-corrected chi connectivity index (χ0v) is 12.9. The van der Waals surface area contributed by atoms with E-state index in [9.17, 15) is 0 Å². The van der Waals surface area contributed by atoms with Crippen LogP contribution in [0.4, 0.5) is 0 Å². The maximum absolute atomic E-state index is 6.16. The molecule has 1 spiro atoms. The van der Waals surface area contributed by atoms with E-state index >= 15 is 0 Å². The minimum atomic E-state index is -0.244. The van der Waals surface area contributed by atoms with E-state index in [2.05, 4.69) is 13.8 Å². The first-order valence-corrected chi connectivity index (χ1v) is 8.43. The predicted octanol–water partition coefficient (Wildman–Crippen LogP) is 3.37. The molecule has 0 amide bonds. The Morgan fingerprint density at radius 3 is 2.15 bits per heavy atom. The van der Waals surface area contributed by atoms with Gasteiger partial charge >= 0.3 is 0 Å². The fourth-order valence-electron chi connectivity index (χ4n) is 4.20. The van der Waals surface area contributed by atoms with E-state index in [-0.39, 0.29) is 11.2 Å². The molecule has 3 aliphatic carbocycles. The lowest BCUT2D eigenvalue weighted by molar-refractivity contribution is -0.297. The van der Waals surface area contributed by atoms with Crippen LogP contribution in [-0.2, 0) is 14.2 Å². The summed E-state index contributed by atoms with van der Waals surface area (Å²) in [5.74, 6) is 2.17. The molecule has 0 N–H and O–H groups in total. The summed E-state index contributed by atoms with van der Waals surface area (Å²) in [5, 5.41) is 0. The summed E-state index contributed by atoms with van der Waals surface area (Å²) < 4.78 is 18.4. The van der Waals surface area contributed by atoms with Gasteiger partial charge in [0.1, 0.15) is 0 Å². The molecule has 4 rings (SSSR count). The molecule has 3 atom stereocenters. The van der Waals surface area contributed by atoms with Gasteiger partial charge in [-0.15, -0.1) is 0 Å². The first-order chi connectivity index (χ1) is 9.54. The number of ether oxygens (including phenoxy) is 3. The van der Waals surface area contributed by atoms with Gasteiger partial charge in [-0.05, 0) is 43.4 Å². The van der Waals surface area contributed by atoms with E-state index in [4.69, 9.17) is 14.2 Å². The van der Waals surface area contributed by atoms with Crippen LogP contribution in [0, 0.1) is 23.2 Å². The Balaban J connectivity index is 1.30. The van der Waals surface area contributed by atoms with Gasteiger partial charge in [-0.1, -0.05) is 13.8 Å². The van der Waals surface area contributed by atoms with Gasteiger partial charge in [0.25, 0.3) is 0 Å². The molecule has 0 aromatic heterocycles. The first-order valence-electron chi connectivity index (χ1n) is 8.43. The van der Waals surface area contributed by atoms with Crippen molar-refractivity contribution in [3.8, 4) is 0 Å². The number of rotatable bonds is 3. The van der Waals surface area contributed by atoms with E-state index in [0.29, 0.717) is 6.10 Å². The van der Waals surface area contributed by atoms with Crippen molar-refractivity contribution in [2.45, 2.75) is 64.3 Å². The molecule has 4 fully saturated rings. The van der Waals surface area contributed by atoms with E-state index in [1.165, 1.54) is 25.7 Å². The number of hydrogen-bond donors (Lipinski definition) is 0. The molecule has 20 heavy (non-hydrogen) atoms. The summed E-state index contributed by atoms with van der Waals surface area (Å²) in [5.41, 5.74) is 0.179. The largest absolute Gasteiger partial charge is 0.378 e. The minimum Gasteiger partial charge on any atom is -0.378 e. The average Bonchev–Trinajstić information content (AvgIpc) is 3.06. The van der Waals surface area contributed by atoms with Crippen molar-refractivity contribution in [2.24, 2.45) is 23.2 Å². The Labute approximate surface area is 122 Å². The second kappa shape index (κ2) is 4.69. The van der Waals surface area contributed by atoms with Gasteiger partial charge < -0.3 is 14.2 Å². The van der Waals surface area contributed by atoms with Crippen molar-refractivity contribution in [2.75, 3.05) is 19.8 Å². The summed E-state index contributed by atoms with van der Waals surface area (Å²) in [6, 6.07) is 0. The Morgan fingerprint density at radius 2 is 1.60 bits per heavy atom. The van der Waals surface area contributed by atoms with E-state index in [1.807, 2.05) is 0 Å². The molecule has 0 bridgehead atoms. The third-order valence-corrected chi connectivity index (χ3v) is 5.66. The summed E-state index contributed by atoms with van der Waals surface area (Å²) in [6.07, 6.45) is 7.95. The minimum absolute atomic E-state index is 0.179. The number of hydrogen-bond acceptors (Lipinski definition) is 3. The lowest BCUT2D eigenvalue weighted by Crippen LogP contribution is -2.46. The third kappa shape index (κ3) is 2.65. The molecule has 3 heteroatoms. The molecule has 0 aromatic rings. The van der Waals surface area contributed by atoms with Crippen LogP contribution in [0.5, 0.6) is 0 Å². The van der Waals surface area contributed by atoms with Crippen LogP contribution in [0.15, 0.2) is 0 Å². The zero-order valence-electron chi connectivity index (χ0n) is 12.9. The van der Waals surface area contributed by atoms with Gasteiger partial charge in [-0.2, -0.15) is 0 Å². The van der Waals surface area contributed by atoms with Crippen LogP contribution in [0.25, 0.3) is 0 Å². The molecule has 3 saturated carbocycles. The fraction of sp³-hybridized carbons (Fsp3) is 1.00. The Morgan fingerprint density at radius 1 is 1.00 bits per heavy atom. The van der Waals surface area contributed by atoms with Crippen LogP contribution in [0.3, 0.4) is 0 Å². The molecule has 1 heterocycles. The van der Waals surface area contributed by atoms with Crippen LogP contribution in [0.2, 0.25) is 0 Å². The summed E-state index contributed by atoms with van der Waals surface area (Å²) in [4.78, 5) is 0. The first kappa shape index (κ1) is 13.5. The third-order valence-electron chi connectivity index (χ3n) is 5.66. The SMILES string of the molecule is CC1(C)COC2(C[C@H]3CC(OCC4CC4)C[C@H]3C2)OC1. The topological polar surface area (TPSA) is 27.7 Å². The molecule has 1 saturated heterocycles. The van der Waals surface area contributed by atoms with Gasteiger partial charge in [0.15, 0.2) is 5.79 Å². The van der Waals surface area contributed by atoms with Gasteiger partial charge in [0, 0.05) is 24.9 Å². The molecule has 1 aliphatic heterocycles. The van der Waals surface area contributed by atoms with Crippen molar-refractivity contribution >= 4 is 0 Å². The zero-order chi connectivity index (χ0) is 13.8. The summed E-state index contributed by atoms with van der Waals surface area (Å²) >= 11 is 0. The average molecular weight is 280 g/mol. The highest BCUT2D eigenvalue weighted by Gasteiger charge is 2.53. The van der Waals surface area contributed by atoms with Crippen LogP contribution in [0.1, 0.15) is 52.4 Å². The molecule has 0 aromatic carbocycles. The van der Waals surface area contributed by atoms with Crippen LogP contribution < -0.4 is 0 Å². The molecule has 4 aliphatic rings. The van der Waals surface area contributed by atoms with Crippen molar-refractivity contribution in [1.29, 1.82) is 0 Å². The second-order valence-electron chi connectivity index (χ2n) is 8.45. The molecule has 114 valence electrons. The maximum atomic E-state index is 6.16. The quantitative estimate of drug-likeness (QED) is 0.793. The molecule has 0 radical (unpaired) electrons. The Kier molecular flexibility index (Phi) is 3.17. The highest BCUT2D eigenvalue weighted by atomic mass is 16.7. The van der Waals surface area contributed by atoms with E-state index in [0.717, 1.165) is 50.4 Å². The lowest BCUT2D eigenvalue weighted by atomic mass is 9.94. The van der Waals surface area contributed by atoms with Gasteiger partial charge in [-0.25, -0.2) is 0 Å². The van der Waals surface area contributed by atoms with E-state index in [1.54, 1.807) is 0 Å².